The van der Waals surface area contributed by atoms with Gasteiger partial charge >= 0.3 is 0 Å². The Kier molecular flexibility index (Phi) is 8.09. The summed E-state index contributed by atoms with van der Waals surface area (Å²) in [5.74, 6) is 0. The van der Waals surface area contributed by atoms with E-state index < -0.39 is 0 Å². The van der Waals surface area contributed by atoms with Gasteiger partial charge in [0.1, 0.15) is 5.00 Å². The van der Waals surface area contributed by atoms with E-state index in [1.54, 1.807) is 0 Å². The van der Waals surface area contributed by atoms with E-state index in [9.17, 15) is 0 Å². The molecule has 1 heterocycles. The summed E-state index contributed by atoms with van der Waals surface area (Å²) in [4.78, 5) is 2.38. The highest BCUT2D eigenvalue weighted by Crippen LogP contribution is 2.42. The molecule has 1 aromatic heterocycles. The predicted molar refractivity (Wildman–Crippen MR) is 233 cm³/mol. The molecule has 0 aliphatic heterocycles. The van der Waals surface area contributed by atoms with Crippen molar-refractivity contribution in [2.24, 2.45) is 0 Å². The molecular weight excluding hydrogens is 671 g/mol. The molecule has 2 heteroatoms. The van der Waals surface area contributed by atoms with Crippen LogP contribution in [0.15, 0.2) is 212 Å². The summed E-state index contributed by atoms with van der Waals surface area (Å²) in [7, 11) is 0. The van der Waals surface area contributed by atoms with Crippen molar-refractivity contribution in [2.45, 2.75) is 0 Å². The fourth-order valence-electron chi connectivity index (χ4n) is 7.54. The fraction of sp³-hybridized carbons (Fsp3) is 0. The standard InChI is InChI=1S/C52H35NS/c1-3-9-44-33-46(23-21-36(44)7-1)42-17-13-38(14-18-42)40-25-29-49(30-26-40)53(52-35-48-11-5-6-12-51(48)54-52)50-31-27-41(28-32-50)39-15-19-43(20-16-39)47-24-22-37-8-2-4-10-45(37)34-47/h1-35H. The highest BCUT2D eigenvalue weighted by molar-refractivity contribution is 7.23. The third kappa shape index (κ3) is 6.13. The van der Waals surface area contributed by atoms with Gasteiger partial charge in [-0.05, 0) is 120 Å². The number of fused-ring (bicyclic) bond motifs is 3. The number of rotatable bonds is 7. The molecular formula is C52H35NS. The Morgan fingerprint density at radius 3 is 1.02 bits per heavy atom. The van der Waals surface area contributed by atoms with Crippen LogP contribution in [0.1, 0.15) is 0 Å². The SMILES string of the molecule is c1ccc2cc(-c3ccc(-c4ccc(N(c5ccc(-c6ccc(-c7ccc8ccccc8c7)cc6)cc5)c5cc6ccccc6s5)cc4)cc3)ccc2c1. The number of anilines is 3. The van der Waals surface area contributed by atoms with Gasteiger partial charge in [0.2, 0.25) is 0 Å². The molecule has 9 aromatic carbocycles. The highest BCUT2D eigenvalue weighted by Gasteiger charge is 2.16. The minimum absolute atomic E-state index is 1.13. The molecule has 0 unspecified atom stereocenters. The Bertz CT molecular complexity index is 2700. The van der Waals surface area contributed by atoms with E-state index in [0.717, 1.165) is 11.4 Å². The topological polar surface area (TPSA) is 3.24 Å². The summed E-state index contributed by atoms with van der Waals surface area (Å²) in [6.45, 7) is 0. The van der Waals surface area contributed by atoms with E-state index in [4.69, 9.17) is 0 Å². The summed E-state index contributed by atoms with van der Waals surface area (Å²) < 4.78 is 1.28. The van der Waals surface area contributed by atoms with Gasteiger partial charge in [0.25, 0.3) is 0 Å². The molecule has 0 atom stereocenters. The van der Waals surface area contributed by atoms with E-state index in [1.165, 1.54) is 81.1 Å². The van der Waals surface area contributed by atoms with Crippen molar-refractivity contribution >= 4 is 59.3 Å². The molecule has 254 valence electrons. The monoisotopic (exact) mass is 705 g/mol. The van der Waals surface area contributed by atoms with Gasteiger partial charge in [0.05, 0.1) is 0 Å². The summed E-state index contributed by atoms with van der Waals surface area (Å²) >= 11 is 1.82. The average molecular weight is 706 g/mol. The molecule has 0 aliphatic rings. The first-order valence-corrected chi connectivity index (χ1v) is 19.2. The van der Waals surface area contributed by atoms with Crippen molar-refractivity contribution in [1.82, 2.24) is 0 Å². The van der Waals surface area contributed by atoms with Crippen LogP contribution in [0.25, 0.3) is 76.1 Å². The van der Waals surface area contributed by atoms with Crippen molar-refractivity contribution in [2.75, 3.05) is 4.90 Å². The maximum Gasteiger partial charge on any atom is 0.101 e. The van der Waals surface area contributed by atoms with Gasteiger partial charge in [-0.15, -0.1) is 11.3 Å². The van der Waals surface area contributed by atoms with Crippen LogP contribution in [-0.2, 0) is 0 Å². The Balaban J connectivity index is 0.935. The third-order valence-corrected chi connectivity index (χ3v) is 11.6. The van der Waals surface area contributed by atoms with Crippen molar-refractivity contribution in [1.29, 1.82) is 0 Å². The van der Waals surface area contributed by atoms with Crippen LogP contribution >= 0.6 is 11.3 Å². The van der Waals surface area contributed by atoms with Gasteiger partial charge in [-0.1, -0.05) is 164 Å². The van der Waals surface area contributed by atoms with Crippen LogP contribution in [0.2, 0.25) is 0 Å². The molecule has 0 N–H and O–H groups in total. The largest absolute Gasteiger partial charge is 0.302 e. The second-order valence-electron chi connectivity index (χ2n) is 13.8. The van der Waals surface area contributed by atoms with Gasteiger partial charge in [0.15, 0.2) is 0 Å². The van der Waals surface area contributed by atoms with E-state index in [2.05, 4.69) is 217 Å². The molecule has 10 aromatic rings. The second kappa shape index (κ2) is 13.7. The molecule has 1 nitrogen and oxygen atoms in total. The smallest absolute Gasteiger partial charge is 0.101 e. The Morgan fingerprint density at radius 1 is 0.259 bits per heavy atom. The van der Waals surface area contributed by atoms with Crippen molar-refractivity contribution in [3.05, 3.63) is 212 Å². The van der Waals surface area contributed by atoms with Crippen molar-refractivity contribution < 1.29 is 0 Å². The maximum absolute atomic E-state index is 2.38. The average Bonchev–Trinajstić information content (AvgIpc) is 3.68. The lowest BCUT2D eigenvalue weighted by Gasteiger charge is -2.24. The second-order valence-corrected chi connectivity index (χ2v) is 14.9. The first-order chi connectivity index (χ1) is 26.7. The highest BCUT2D eigenvalue weighted by atomic mass is 32.1. The molecule has 0 bridgehead atoms. The summed E-state index contributed by atoms with van der Waals surface area (Å²) in [5, 5.41) is 7.51. The zero-order valence-electron chi connectivity index (χ0n) is 29.6. The normalized spacial score (nSPS) is 11.3. The zero-order chi connectivity index (χ0) is 35.8. The van der Waals surface area contributed by atoms with Gasteiger partial charge in [-0.2, -0.15) is 0 Å². The zero-order valence-corrected chi connectivity index (χ0v) is 30.4. The first kappa shape index (κ1) is 32.0. The Hall–Kier alpha value is -6.74. The Labute approximate surface area is 319 Å². The fourth-order valence-corrected chi connectivity index (χ4v) is 8.64. The number of nitrogens with zero attached hydrogens (tertiary/aromatic N) is 1. The lowest BCUT2D eigenvalue weighted by molar-refractivity contribution is 1.32. The van der Waals surface area contributed by atoms with E-state index >= 15 is 0 Å². The van der Waals surface area contributed by atoms with Crippen molar-refractivity contribution in [3.8, 4) is 44.5 Å². The molecule has 10 rings (SSSR count). The van der Waals surface area contributed by atoms with E-state index in [-0.39, 0.29) is 0 Å². The van der Waals surface area contributed by atoms with Crippen LogP contribution in [0.4, 0.5) is 16.4 Å². The molecule has 0 fully saturated rings. The molecule has 0 saturated heterocycles. The minimum atomic E-state index is 1.13. The van der Waals surface area contributed by atoms with Crippen LogP contribution in [0, 0.1) is 0 Å². The summed E-state index contributed by atoms with van der Waals surface area (Å²) in [6, 6.07) is 77.2. The van der Waals surface area contributed by atoms with Crippen LogP contribution in [-0.4, -0.2) is 0 Å². The van der Waals surface area contributed by atoms with Crippen LogP contribution in [0.3, 0.4) is 0 Å². The van der Waals surface area contributed by atoms with Crippen LogP contribution in [0.5, 0.6) is 0 Å². The molecule has 0 aliphatic carbocycles. The van der Waals surface area contributed by atoms with Gasteiger partial charge in [0, 0.05) is 16.1 Å². The molecule has 54 heavy (non-hydrogen) atoms. The number of hydrogen-bond donors (Lipinski definition) is 0. The Morgan fingerprint density at radius 2 is 0.593 bits per heavy atom. The van der Waals surface area contributed by atoms with Crippen LogP contribution < -0.4 is 4.90 Å². The van der Waals surface area contributed by atoms with Gasteiger partial charge in [-0.3, -0.25) is 0 Å². The van der Waals surface area contributed by atoms with Gasteiger partial charge < -0.3 is 4.90 Å². The molecule has 0 spiro atoms. The maximum atomic E-state index is 2.38. The lowest BCUT2D eigenvalue weighted by Crippen LogP contribution is -2.08. The van der Waals surface area contributed by atoms with Gasteiger partial charge in [-0.25, -0.2) is 0 Å². The number of benzene rings is 9. The number of thiophene rings is 1. The van der Waals surface area contributed by atoms with Crippen molar-refractivity contribution in [3.63, 3.8) is 0 Å². The minimum Gasteiger partial charge on any atom is -0.302 e. The number of hydrogen-bond acceptors (Lipinski definition) is 2. The third-order valence-electron chi connectivity index (χ3n) is 10.5. The predicted octanol–water partition coefficient (Wildman–Crippen LogP) is 15.3. The molecule has 0 saturated carbocycles. The summed E-state index contributed by atoms with van der Waals surface area (Å²) in [6.07, 6.45) is 0. The molecule has 0 radical (unpaired) electrons. The van der Waals surface area contributed by atoms with E-state index in [1.807, 2.05) is 11.3 Å². The lowest BCUT2D eigenvalue weighted by atomic mass is 9.98. The molecule has 0 amide bonds. The quantitative estimate of drug-likeness (QED) is 0.160. The van der Waals surface area contributed by atoms with E-state index in [0.29, 0.717) is 0 Å². The first-order valence-electron chi connectivity index (χ1n) is 18.4. The summed E-state index contributed by atoms with van der Waals surface area (Å²) in [5.41, 5.74) is 12.0.